The molecule has 0 radical (unpaired) electrons. The first-order valence-corrected chi connectivity index (χ1v) is 9.19. The molecule has 25 heavy (non-hydrogen) atoms. The number of hydrogen-bond acceptors (Lipinski definition) is 7. The number of unbranched alkanes of at least 4 members (excludes halogenated alkanes) is 3. The lowest BCUT2D eigenvalue weighted by atomic mass is 10.1. The minimum atomic E-state index is -0.682. The van der Waals surface area contributed by atoms with Gasteiger partial charge in [-0.25, -0.2) is 0 Å². The molecule has 5 atom stereocenters. The number of ether oxygens (including phenoxy) is 6. The number of aldehydes is 1. The number of fused-ring (bicyclic) bond motifs is 1. The zero-order chi connectivity index (χ0) is 18.1. The van der Waals surface area contributed by atoms with Crippen LogP contribution in [0.25, 0.3) is 0 Å². The van der Waals surface area contributed by atoms with E-state index in [1.54, 1.807) is 0 Å². The Labute approximate surface area is 149 Å². The lowest BCUT2D eigenvalue weighted by Gasteiger charge is -2.29. The Balaban J connectivity index is 1.58. The summed E-state index contributed by atoms with van der Waals surface area (Å²) in [5.41, 5.74) is 0. The van der Waals surface area contributed by atoms with E-state index in [1.807, 2.05) is 27.7 Å². The number of rotatable bonds is 8. The quantitative estimate of drug-likeness (QED) is 0.486. The van der Waals surface area contributed by atoms with Gasteiger partial charge in [0.1, 0.15) is 30.7 Å². The molecular formula is C18H30O7. The van der Waals surface area contributed by atoms with Gasteiger partial charge in [-0.05, 0) is 40.5 Å². The number of carbonyl (C=O) groups excluding carboxylic acids is 1. The maximum absolute atomic E-state index is 10.4. The van der Waals surface area contributed by atoms with Crippen LogP contribution in [0.3, 0.4) is 0 Å². The molecular weight excluding hydrogens is 328 g/mol. The third-order valence-corrected chi connectivity index (χ3v) is 4.70. The molecule has 3 heterocycles. The molecule has 3 aliphatic heterocycles. The molecule has 0 spiro atoms. The Morgan fingerprint density at radius 1 is 1.00 bits per heavy atom. The number of hydrogen-bond donors (Lipinski definition) is 0. The van der Waals surface area contributed by atoms with Crippen molar-refractivity contribution in [1.82, 2.24) is 0 Å². The highest BCUT2D eigenvalue weighted by Crippen LogP contribution is 2.41. The molecule has 3 rings (SSSR count). The molecule has 0 aromatic carbocycles. The summed E-state index contributed by atoms with van der Waals surface area (Å²) in [5.74, 6) is -1.30. The van der Waals surface area contributed by atoms with Crippen LogP contribution in [0.5, 0.6) is 0 Å². The smallest absolute Gasteiger partial charge is 0.190 e. The SMILES string of the molecule is CC1(C)OCC(C2OC3OC(C)(C)OC3C2OCCCCCC=O)O1. The van der Waals surface area contributed by atoms with Gasteiger partial charge < -0.3 is 33.2 Å². The average molecular weight is 358 g/mol. The second kappa shape index (κ2) is 7.58. The minimum absolute atomic E-state index is 0.212. The van der Waals surface area contributed by atoms with Gasteiger partial charge in [0.25, 0.3) is 0 Å². The first-order valence-electron chi connectivity index (χ1n) is 9.19. The Morgan fingerprint density at radius 3 is 2.48 bits per heavy atom. The van der Waals surface area contributed by atoms with E-state index in [9.17, 15) is 4.79 Å². The van der Waals surface area contributed by atoms with Crippen LogP contribution in [-0.4, -0.2) is 61.8 Å². The average Bonchev–Trinajstić information content (AvgIpc) is 3.13. The standard InChI is InChI=1S/C18H30O7/c1-17(2)21-11-12(23-17)13-14(20-10-8-6-5-7-9-19)15-16(22-13)25-18(3,4)24-15/h9,12-16H,5-8,10-11H2,1-4H3. The molecule has 7 heteroatoms. The summed E-state index contributed by atoms with van der Waals surface area (Å²) in [6.45, 7) is 8.58. The van der Waals surface area contributed by atoms with Crippen molar-refractivity contribution >= 4 is 6.29 Å². The molecule has 144 valence electrons. The monoisotopic (exact) mass is 358 g/mol. The predicted molar refractivity (Wildman–Crippen MR) is 87.9 cm³/mol. The van der Waals surface area contributed by atoms with Crippen molar-refractivity contribution in [3.63, 3.8) is 0 Å². The van der Waals surface area contributed by atoms with Gasteiger partial charge in [0, 0.05) is 13.0 Å². The summed E-state index contributed by atoms with van der Waals surface area (Å²) in [6, 6.07) is 0. The lowest BCUT2D eigenvalue weighted by molar-refractivity contribution is -0.236. The fraction of sp³-hybridized carbons (Fsp3) is 0.944. The van der Waals surface area contributed by atoms with Gasteiger partial charge in [0.05, 0.1) is 6.61 Å². The van der Waals surface area contributed by atoms with Crippen LogP contribution < -0.4 is 0 Å². The summed E-state index contributed by atoms with van der Waals surface area (Å²) in [4.78, 5) is 10.4. The maximum atomic E-state index is 10.4. The molecule has 0 bridgehead atoms. The van der Waals surface area contributed by atoms with E-state index in [0.717, 1.165) is 25.5 Å². The molecule has 0 N–H and O–H groups in total. The Kier molecular flexibility index (Phi) is 5.82. The highest BCUT2D eigenvalue weighted by Gasteiger charge is 2.58. The molecule has 3 fully saturated rings. The van der Waals surface area contributed by atoms with Crippen LogP contribution >= 0.6 is 0 Å². The highest BCUT2D eigenvalue weighted by molar-refractivity contribution is 5.48. The Morgan fingerprint density at radius 2 is 1.80 bits per heavy atom. The second-order valence-electron chi connectivity index (χ2n) is 7.79. The van der Waals surface area contributed by atoms with Crippen LogP contribution in [0.15, 0.2) is 0 Å². The van der Waals surface area contributed by atoms with Crippen molar-refractivity contribution in [3.05, 3.63) is 0 Å². The third-order valence-electron chi connectivity index (χ3n) is 4.70. The van der Waals surface area contributed by atoms with Gasteiger partial charge in [0.2, 0.25) is 0 Å². The minimum Gasteiger partial charge on any atom is -0.372 e. The van der Waals surface area contributed by atoms with Crippen molar-refractivity contribution < 1.29 is 33.2 Å². The molecule has 7 nitrogen and oxygen atoms in total. The number of carbonyl (C=O) groups is 1. The molecule has 5 unspecified atom stereocenters. The predicted octanol–water partition coefficient (Wildman–Crippen LogP) is 2.16. The van der Waals surface area contributed by atoms with E-state index >= 15 is 0 Å². The zero-order valence-corrected chi connectivity index (χ0v) is 15.6. The summed E-state index contributed by atoms with van der Waals surface area (Å²) in [7, 11) is 0. The fourth-order valence-corrected chi connectivity index (χ4v) is 3.60. The largest absolute Gasteiger partial charge is 0.372 e. The maximum Gasteiger partial charge on any atom is 0.190 e. The lowest BCUT2D eigenvalue weighted by Crippen LogP contribution is -2.44. The Bertz CT molecular complexity index is 464. The van der Waals surface area contributed by atoms with E-state index in [4.69, 9.17) is 28.4 Å². The van der Waals surface area contributed by atoms with E-state index in [0.29, 0.717) is 19.6 Å². The molecule has 3 aliphatic rings. The fourth-order valence-electron chi connectivity index (χ4n) is 3.60. The Hall–Kier alpha value is -0.570. The van der Waals surface area contributed by atoms with Gasteiger partial charge in [-0.2, -0.15) is 0 Å². The summed E-state index contributed by atoms with van der Waals surface area (Å²) < 4.78 is 35.7. The first-order chi connectivity index (χ1) is 11.8. The normalized spacial score (nSPS) is 38.8. The highest BCUT2D eigenvalue weighted by atomic mass is 16.8. The first kappa shape index (κ1) is 19.2. The van der Waals surface area contributed by atoms with Crippen LogP contribution in [0, 0.1) is 0 Å². The van der Waals surface area contributed by atoms with Gasteiger partial charge in [-0.15, -0.1) is 0 Å². The van der Waals surface area contributed by atoms with Crippen LogP contribution in [0.1, 0.15) is 53.4 Å². The van der Waals surface area contributed by atoms with Crippen molar-refractivity contribution in [2.24, 2.45) is 0 Å². The van der Waals surface area contributed by atoms with Crippen LogP contribution in [0.4, 0.5) is 0 Å². The van der Waals surface area contributed by atoms with Crippen LogP contribution in [0.2, 0.25) is 0 Å². The summed E-state index contributed by atoms with van der Waals surface area (Å²) in [5, 5.41) is 0. The van der Waals surface area contributed by atoms with E-state index in [2.05, 4.69) is 0 Å². The third kappa shape index (κ3) is 4.59. The van der Waals surface area contributed by atoms with E-state index < -0.39 is 17.9 Å². The van der Waals surface area contributed by atoms with Crippen LogP contribution in [-0.2, 0) is 33.2 Å². The van der Waals surface area contributed by atoms with E-state index in [-0.39, 0.29) is 24.4 Å². The molecule has 3 saturated heterocycles. The van der Waals surface area contributed by atoms with Crippen molar-refractivity contribution in [3.8, 4) is 0 Å². The molecule has 0 aromatic heterocycles. The van der Waals surface area contributed by atoms with Crippen molar-refractivity contribution in [2.45, 2.75) is 95.7 Å². The van der Waals surface area contributed by atoms with Gasteiger partial charge in [-0.3, -0.25) is 0 Å². The summed E-state index contributed by atoms with van der Waals surface area (Å²) in [6.07, 6.45) is 2.82. The van der Waals surface area contributed by atoms with Gasteiger partial charge in [0.15, 0.2) is 17.9 Å². The summed E-state index contributed by atoms with van der Waals surface area (Å²) >= 11 is 0. The van der Waals surface area contributed by atoms with Gasteiger partial charge in [-0.1, -0.05) is 6.42 Å². The van der Waals surface area contributed by atoms with Crippen molar-refractivity contribution in [1.29, 1.82) is 0 Å². The molecule has 0 aromatic rings. The molecule has 0 saturated carbocycles. The van der Waals surface area contributed by atoms with Gasteiger partial charge >= 0.3 is 0 Å². The zero-order valence-electron chi connectivity index (χ0n) is 15.6. The molecule has 0 amide bonds. The molecule has 0 aliphatic carbocycles. The van der Waals surface area contributed by atoms with E-state index in [1.165, 1.54) is 0 Å². The second-order valence-corrected chi connectivity index (χ2v) is 7.79. The van der Waals surface area contributed by atoms with Crippen molar-refractivity contribution in [2.75, 3.05) is 13.2 Å². The topological polar surface area (TPSA) is 72.5 Å².